The maximum absolute atomic E-state index is 12.2. The Morgan fingerprint density at radius 2 is 2.24 bits per heavy atom. The minimum atomic E-state index is -0.416. The predicted molar refractivity (Wildman–Crippen MR) is 83.9 cm³/mol. The number of nitrogens with zero attached hydrogens (tertiary/aromatic N) is 1. The lowest BCUT2D eigenvalue weighted by Crippen LogP contribution is -2.41. The van der Waals surface area contributed by atoms with Crippen molar-refractivity contribution in [1.29, 1.82) is 0 Å². The van der Waals surface area contributed by atoms with Gasteiger partial charge in [-0.3, -0.25) is 4.79 Å². The highest BCUT2D eigenvalue weighted by molar-refractivity contribution is 5.85. The molecule has 118 valence electrons. The second kappa shape index (κ2) is 7.64. The maximum atomic E-state index is 12.2. The van der Waals surface area contributed by atoms with Crippen LogP contribution in [0.15, 0.2) is 18.2 Å². The van der Waals surface area contributed by atoms with Crippen molar-refractivity contribution in [2.45, 2.75) is 32.0 Å². The number of aryl methyl sites for hydroxylation is 1. The van der Waals surface area contributed by atoms with Crippen molar-refractivity contribution in [2.24, 2.45) is 0 Å². The predicted octanol–water partition coefficient (Wildman–Crippen LogP) is 1.11. The molecule has 1 aromatic rings. The summed E-state index contributed by atoms with van der Waals surface area (Å²) < 4.78 is 5.23. The third-order valence-electron chi connectivity index (χ3n) is 3.66. The molecule has 2 unspecified atom stereocenters. The summed E-state index contributed by atoms with van der Waals surface area (Å²) in [4.78, 5) is 13.9. The average Bonchev–Trinajstić information content (AvgIpc) is 2.84. The molecule has 1 heterocycles. The minimum absolute atomic E-state index is 0. The molecular formula is C15H23ClN2O3. The second-order valence-electron chi connectivity index (χ2n) is 5.35. The van der Waals surface area contributed by atoms with E-state index in [1.807, 2.05) is 25.1 Å². The van der Waals surface area contributed by atoms with Crippen molar-refractivity contribution in [3.05, 3.63) is 29.3 Å². The number of likely N-dealkylation sites (N-methyl/N-ethyl adjacent to an activating group) is 1. The van der Waals surface area contributed by atoms with Gasteiger partial charge < -0.3 is 20.1 Å². The number of β-amino-alcohol motifs (C(OH)–C–C–N with tert-alkyl or cyclic N) is 1. The second-order valence-corrected chi connectivity index (χ2v) is 5.35. The van der Waals surface area contributed by atoms with Gasteiger partial charge in [0.1, 0.15) is 5.75 Å². The Kier molecular flexibility index (Phi) is 6.45. The van der Waals surface area contributed by atoms with E-state index in [2.05, 4.69) is 5.32 Å². The molecule has 1 amide bonds. The van der Waals surface area contributed by atoms with Gasteiger partial charge in [-0.05, 0) is 30.5 Å². The topological polar surface area (TPSA) is 61.8 Å². The van der Waals surface area contributed by atoms with Crippen molar-refractivity contribution in [3.8, 4) is 5.75 Å². The van der Waals surface area contributed by atoms with Crippen molar-refractivity contribution in [3.63, 3.8) is 0 Å². The summed E-state index contributed by atoms with van der Waals surface area (Å²) in [5.74, 6) is 0.873. The number of aliphatic hydroxyl groups is 1. The van der Waals surface area contributed by atoms with Gasteiger partial charge in [-0.2, -0.15) is 0 Å². The van der Waals surface area contributed by atoms with Gasteiger partial charge in [0.15, 0.2) is 0 Å². The lowest BCUT2D eigenvalue weighted by Gasteiger charge is -2.21. The summed E-state index contributed by atoms with van der Waals surface area (Å²) >= 11 is 0. The van der Waals surface area contributed by atoms with Crippen molar-refractivity contribution < 1.29 is 14.6 Å². The van der Waals surface area contributed by atoms with Crippen LogP contribution >= 0.6 is 12.4 Å². The van der Waals surface area contributed by atoms with Gasteiger partial charge in [0.05, 0.1) is 19.3 Å². The summed E-state index contributed by atoms with van der Waals surface area (Å²) in [5.41, 5.74) is 2.12. The molecule has 0 spiro atoms. The van der Waals surface area contributed by atoms with Crippen molar-refractivity contribution in [2.75, 3.05) is 20.7 Å². The van der Waals surface area contributed by atoms with Crippen LogP contribution < -0.4 is 10.1 Å². The number of benzene rings is 1. The molecule has 1 fully saturated rings. The standard InChI is InChI=1S/C15H22N2O3.ClH/c1-10-6-11(4-5-14(10)20-3)9-17(2)15(19)13-7-12(18)8-16-13;/h4-6,12-13,16,18H,7-9H2,1-3H3;1H. The summed E-state index contributed by atoms with van der Waals surface area (Å²) in [7, 11) is 3.43. The third kappa shape index (κ3) is 4.33. The first-order valence-corrected chi connectivity index (χ1v) is 6.81. The first-order chi connectivity index (χ1) is 9.51. The zero-order chi connectivity index (χ0) is 14.7. The number of amides is 1. The van der Waals surface area contributed by atoms with Crippen LogP contribution in [0.4, 0.5) is 0 Å². The van der Waals surface area contributed by atoms with E-state index >= 15 is 0 Å². The molecule has 0 radical (unpaired) electrons. The fraction of sp³-hybridized carbons (Fsp3) is 0.533. The largest absolute Gasteiger partial charge is 0.496 e. The Balaban J connectivity index is 0.00000220. The molecule has 2 rings (SSSR count). The monoisotopic (exact) mass is 314 g/mol. The van der Waals surface area contributed by atoms with Gasteiger partial charge in [0.2, 0.25) is 5.91 Å². The molecule has 2 N–H and O–H groups in total. The van der Waals surface area contributed by atoms with Crippen LogP contribution in [0.2, 0.25) is 0 Å². The first-order valence-electron chi connectivity index (χ1n) is 6.81. The molecule has 2 atom stereocenters. The lowest BCUT2D eigenvalue weighted by molar-refractivity contribution is -0.132. The molecule has 0 aliphatic carbocycles. The van der Waals surface area contributed by atoms with Gasteiger partial charge in [-0.1, -0.05) is 12.1 Å². The van der Waals surface area contributed by atoms with E-state index in [0.717, 1.165) is 16.9 Å². The smallest absolute Gasteiger partial charge is 0.239 e. The molecule has 21 heavy (non-hydrogen) atoms. The summed E-state index contributed by atoms with van der Waals surface area (Å²) in [5, 5.41) is 12.5. The number of rotatable bonds is 4. The zero-order valence-corrected chi connectivity index (χ0v) is 13.4. The van der Waals surface area contributed by atoms with E-state index in [4.69, 9.17) is 4.74 Å². The molecule has 6 heteroatoms. The van der Waals surface area contributed by atoms with E-state index in [1.54, 1.807) is 19.1 Å². The molecule has 1 saturated heterocycles. The zero-order valence-electron chi connectivity index (χ0n) is 12.6. The van der Waals surface area contributed by atoms with Gasteiger partial charge >= 0.3 is 0 Å². The van der Waals surface area contributed by atoms with Crippen molar-refractivity contribution in [1.82, 2.24) is 10.2 Å². The lowest BCUT2D eigenvalue weighted by atomic mass is 10.1. The molecule has 1 aliphatic heterocycles. The number of halogens is 1. The van der Waals surface area contributed by atoms with E-state index in [9.17, 15) is 9.90 Å². The number of hydrogen-bond acceptors (Lipinski definition) is 4. The fourth-order valence-corrected chi connectivity index (χ4v) is 2.56. The highest BCUT2D eigenvalue weighted by Gasteiger charge is 2.29. The van der Waals surface area contributed by atoms with E-state index in [-0.39, 0.29) is 24.4 Å². The highest BCUT2D eigenvalue weighted by atomic mass is 35.5. The van der Waals surface area contributed by atoms with E-state index in [1.165, 1.54) is 0 Å². The first kappa shape index (κ1) is 17.8. The number of methoxy groups -OCH3 is 1. The van der Waals surface area contributed by atoms with Crippen LogP contribution in [0.3, 0.4) is 0 Å². The Bertz CT molecular complexity index is 496. The molecule has 1 aromatic carbocycles. The Morgan fingerprint density at radius 1 is 1.52 bits per heavy atom. The van der Waals surface area contributed by atoms with Crippen LogP contribution in [-0.2, 0) is 11.3 Å². The van der Waals surface area contributed by atoms with Gasteiger partial charge in [-0.15, -0.1) is 12.4 Å². The molecular weight excluding hydrogens is 292 g/mol. The average molecular weight is 315 g/mol. The summed E-state index contributed by atoms with van der Waals surface area (Å²) in [6, 6.07) is 5.64. The van der Waals surface area contributed by atoms with Crippen LogP contribution in [0.5, 0.6) is 5.75 Å². The van der Waals surface area contributed by atoms with Gasteiger partial charge in [0, 0.05) is 20.1 Å². The number of carbonyl (C=O) groups is 1. The highest BCUT2D eigenvalue weighted by Crippen LogP contribution is 2.19. The quantitative estimate of drug-likeness (QED) is 0.874. The Morgan fingerprint density at radius 3 is 2.76 bits per heavy atom. The molecule has 0 aromatic heterocycles. The van der Waals surface area contributed by atoms with Crippen molar-refractivity contribution >= 4 is 18.3 Å². The molecule has 1 aliphatic rings. The van der Waals surface area contributed by atoms with E-state index < -0.39 is 6.10 Å². The third-order valence-corrected chi connectivity index (χ3v) is 3.66. The Hall–Kier alpha value is -1.30. The van der Waals surface area contributed by atoms with Crippen LogP contribution in [0.25, 0.3) is 0 Å². The fourth-order valence-electron chi connectivity index (χ4n) is 2.56. The number of ether oxygens (including phenoxy) is 1. The normalized spacial score (nSPS) is 20.8. The molecule has 5 nitrogen and oxygen atoms in total. The SMILES string of the molecule is COc1ccc(CN(C)C(=O)C2CC(O)CN2)cc1C.Cl. The number of hydrogen-bond donors (Lipinski definition) is 2. The van der Waals surface area contributed by atoms with Crippen LogP contribution in [0, 0.1) is 6.92 Å². The number of aliphatic hydroxyl groups excluding tert-OH is 1. The van der Waals surface area contributed by atoms with Crippen LogP contribution in [-0.4, -0.2) is 48.8 Å². The number of nitrogens with one attached hydrogen (secondary N) is 1. The summed E-state index contributed by atoms with van der Waals surface area (Å²) in [6.45, 7) is 3.03. The molecule has 0 saturated carbocycles. The minimum Gasteiger partial charge on any atom is -0.496 e. The van der Waals surface area contributed by atoms with Gasteiger partial charge in [0.25, 0.3) is 0 Å². The van der Waals surface area contributed by atoms with Gasteiger partial charge in [-0.25, -0.2) is 0 Å². The summed E-state index contributed by atoms with van der Waals surface area (Å²) in [6.07, 6.45) is 0.0748. The number of carbonyl (C=O) groups excluding carboxylic acids is 1. The Labute approximate surface area is 131 Å². The van der Waals surface area contributed by atoms with Crippen LogP contribution in [0.1, 0.15) is 17.5 Å². The maximum Gasteiger partial charge on any atom is 0.239 e. The molecule has 0 bridgehead atoms. The van der Waals surface area contributed by atoms with E-state index in [0.29, 0.717) is 19.5 Å².